The van der Waals surface area contributed by atoms with Gasteiger partial charge >= 0.3 is 0 Å². The highest BCUT2D eigenvalue weighted by atomic mass is 32.2. The average molecular weight is 576 g/mol. The van der Waals surface area contributed by atoms with Crippen LogP contribution in [0.1, 0.15) is 27.7 Å². The Morgan fingerprint density at radius 2 is 1.63 bits per heavy atom. The fourth-order valence-corrected chi connectivity index (χ4v) is 7.00. The third kappa shape index (κ3) is 4.49. The molecule has 1 atom stereocenters. The van der Waals surface area contributed by atoms with E-state index in [1.54, 1.807) is 12.1 Å². The normalized spacial score (nSPS) is 15.4. The smallest absolute Gasteiger partial charge is 0.296 e. The molecule has 7 nitrogen and oxygen atoms in total. The summed E-state index contributed by atoms with van der Waals surface area (Å²) in [5.74, 6) is -1.17. The molecule has 0 fully saturated rings. The second-order valence-corrected chi connectivity index (χ2v) is 11.7. The summed E-state index contributed by atoms with van der Waals surface area (Å²) in [5.41, 5.74) is 2.32. The number of amides is 1. The number of benzene rings is 4. The zero-order valence-corrected chi connectivity index (χ0v) is 23.1. The van der Waals surface area contributed by atoms with Gasteiger partial charge in [0.1, 0.15) is 5.58 Å². The van der Waals surface area contributed by atoms with Gasteiger partial charge in [0.05, 0.1) is 11.6 Å². The number of para-hydroxylation sites is 1. The summed E-state index contributed by atoms with van der Waals surface area (Å²) < 4.78 is 6.48. The van der Waals surface area contributed by atoms with Crippen molar-refractivity contribution in [3.8, 4) is 0 Å². The van der Waals surface area contributed by atoms with Crippen molar-refractivity contribution in [1.29, 1.82) is 0 Å². The van der Waals surface area contributed by atoms with E-state index in [4.69, 9.17) is 4.42 Å². The highest BCUT2D eigenvalue weighted by Crippen LogP contribution is 2.44. The van der Waals surface area contributed by atoms with Crippen molar-refractivity contribution in [2.75, 3.05) is 4.90 Å². The van der Waals surface area contributed by atoms with Crippen LogP contribution >= 0.6 is 23.1 Å². The van der Waals surface area contributed by atoms with Crippen molar-refractivity contribution >= 4 is 61.7 Å². The van der Waals surface area contributed by atoms with Crippen LogP contribution in [0.25, 0.3) is 21.7 Å². The number of rotatable bonds is 7. The molecule has 7 rings (SSSR count). The first-order valence-corrected chi connectivity index (χ1v) is 14.7. The Balaban J connectivity index is 1.22. The molecule has 1 aliphatic heterocycles. The lowest BCUT2D eigenvalue weighted by molar-refractivity contribution is -0.117. The number of furan rings is 1. The van der Waals surface area contributed by atoms with Crippen LogP contribution in [0.5, 0.6) is 0 Å². The van der Waals surface area contributed by atoms with E-state index < -0.39 is 23.5 Å². The highest BCUT2D eigenvalue weighted by molar-refractivity contribution is 8.00. The van der Waals surface area contributed by atoms with E-state index in [0.717, 1.165) is 5.39 Å². The lowest BCUT2D eigenvalue weighted by Gasteiger charge is -2.23. The molecule has 4 aromatic carbocycles. The van der Waals surface area contributed by atoms with E-state index >= 15 is 0 Å². The standard InChI is InChI=1S/C32H21N3O4S2/c36-28(25-17-21-12-5-7-16-24(21)39-25)26-27(20-10-2-1-3-11-20)35(30(38)29(26)37)31-33-34-32(41-31)40-18-22-14-8-13-19-9-4-6-15-23(19)22/h1-17,27,37H,18H2/t27-/m1/s1. The van der Waals surface area contributed by atoms with Crippen LogP contribution in [-0.4, -0.2) is 27.0 Å². The van der Waals surface area contributed by atoms with Gasteiger partial charge < -0.3 is 9.52 Å². The van der Waals surface area contributed by atoms with E-state index in [2.05, 4.69) is 34.5 Å². The van der Waals surface area contributed by atoms with E-state index in [1.807, 2.05) is 66.7 Å². The molecule has 0 radical (unpaired) electrons. The lowest BCUT2D eigenvalue weighted by Crippen LogP contribution is -2.31. The molecule has 0 bridgehead atoms. The number of Topliss-reactive ketones (excluding diaryl/α,β-unsaturated/α-hetero) is 1. The molecular weight excluding hydrogens is 555 g/mol. The molecule has 0 aliphatic carbocycles. The van der Waals surface area contributed by atoms with Gasteiger partial charge in [0, 0.05) is 11.1 Å². The van der Waals surface area contributed by atoms with E-state index in [9.17, 15) is 14.7 Å². The number of aromatic nitrogens is 2. The summed E-state index contributed by atoms with van der Waals surface area (Å²) in [6, 6.07) is 31.5. The number of nitrogens with zero attached hydrogens (tertiary/aromatic N) is 3. The summed E-state index contributed by atoms with van der Waals surface area (Å²) in [6.45, 7) is 0. The maximum absolute atomic E-state index is 13.8. The quantitative estimate of drug-likeness (QED) is 0.120. The predicted octanol–water partition coefficient (Wildman–Crippen LogP) is 7.51. The van der Waals surface area contributed by atoms with Crippen molar-refractivity contribution in [2.24, 2.45) is 0 Å². The van der Waals surface area contributed by atoms with Crippen LogP contribution in [0.2, 0.25) is 0 Å². The SMILES string of the molecule is O=C(C1=C(O)C(=O)N(c2nnc(SCc3cccc4ccccc34)s2)[C@@H]1c1ccccc1)c1cc2ccccc2o1. The van der Waals surface area contributed by atoms with Crippen LogP contribution in [0.15, 0.2) is 123 Å². The molecule has 200 valence electrons. The summed E-state index contributed by atoms with van der Waals surface area (Å²) in [5, 5.41) is 23.1. The average Bonchev–Trinajstić information content (AvgIpc) is 3.72. The summed E-state index contributed by atoms with van der Waals surface area (Å²) in [4.78, 5) is 28.6. The van der Waals surface area contributed by atoms with Crippen molar-refractivity contribution in [2.45, 2.75) is 16.1 Å². The highest BCUT2D eigenvalue weighted by Gasteiger charge is 2.46. The van der Waals surface area contributed by atoms with E-state index in [-0.39, 0.29) is 11.3 Å². The molecule has 3 heterocycles. The van der Waals surface area contributed by atoms with Crippen LogP contribution in [0.4, 0.5) is 5.13 Å². The molecule has 0 spiro atoms. The third-order valence-electron chi connectivity index (χ3n) is 7.05. The Bertz CT molecular complexity index is 1940. The first kappa shape index (κ1) is 25.3. The second kappa shape index (κ2) is 10.3. The molecule has 1 aliphatic rings. The molecule has 1 N–H and O–H groups in total. The molecular formula is C32H21N3O4S2. The minimum atomic E-state index is -0.895. The zero-order chi connectivity index (χ0) is 27.9. The lowest BCUT2D eigenvalue weighted by atomic mass is 9.95. The van der Waals surface area contributed by atoms with Crippen molar-refractivity contribution < 1.29 is 19.1 Å². The van der Waals surface area contributed by atoms with Crippen molar-refractivity contribution in [3.63, 3.8) is 0 Å². The van der Waals surface area contributed by atoms with Gasteiger partial charge in [-0.25, -0.2) is 0 Å². The van der Waals surface area contributed by atoms with Crippen LogP contribution < -0.4 is 4.90 Å². The van der Waals surface area contributed by atoms with Gasteiger partial charge in [-0.1, -0.05) is 114 Å². The number of aliphatic hydroxyl groups excluding tert-OH is 1. The Hall–Kier alpha value is -4.73. The molecule has 1 amide bonds. The van der Waals surface area contributed by atoms with Crippen LogP contribution in [-0.2, 0) is 10.5 Å². The summed E-state index contributed by atoms with van der Waals surface area (Å²) in [7, 11) is 0. The molecule has 6 aromatic rings. The molecule has 0 unspecified atom stereocenters. The third-order valence-corrected chi connectivity index (χ3v) is 9.16. The monoisotopic (exact) mass is 575 g/mol. The Morgan fingerprint density at radius 3 is 2.46 bits per heavy atom. The van der Waals surface area contributed by atoms with Crippen molar-refractivity contribution in [3.05, 3.63) is 131 Å². The van der Waals surface area contributed by atoms with Gasteiger partial charge in [-0.2, -0.15) is 0 Å². The van der Waals surface area contributed by atoms with E-state index in [1.165, 1.54) is 44.3 Å². The zero-order valence-electron chi connectivity index (χ0n) is 21.4. The predicted molar refractivity (Wildman–Crippen MR) is 160 cm³/mol. The van der Waals surface area contributed by atoms with Gasteiger partial charge in [-0.05, 0) is 34.0 Å². The maximum atomic E-state index is 13.8. The second-order valence-electron chi connectivity index (χ2n) is 9.51. The van der Waals surface area contributed by atoms with Gasteiger partial charge in [0.15, 0.2) is 15.9 Å². The number of ketones is 1. The summed E-state index contributed by atoms with van der Waals surface area (Å²) >= 11 is 2.77. The van der Waals surface area contributed by atoms with E-state index in [0.29, 0.717) is 26.4 Å². The summed E-state index contributed by atoms with van der Waals surface area (Å²) in [6.07, 6.45) is 0. The largest absolute Gasteiger partial charge is 0.503 e. The minimum Gasteiger partial charge on any atom is -0.503 e. The minimum absolute atomic E-state index is 0.0481. The number of aliphatic hydroxyl groups is 1. The number of hydrogen-bond donors (Lipinski definition) is 1. The topological polar surface area (TPSA) is 96.5 Å². The molecule has 2 aromatic heterocycles. The number of carbonyl (C=O) groups excluding carboxylic acids is 2. The van der Waals surface area contributed by atoms with Gasteiger partial charge in [0.2, 0.25) is 10.9 Å². The molecule has 0 saturated carbocycles. The van der Waals surface area contributed by atoms with Gasteiger partial charge in [-0.15, -0.1) is 10.2 Å². The number of thioether (sulfide) groups is 1. The first-order chi connectivity index (χ1) is 20.1. The molecule has 9 heteroatoms. The fourth-order valence-electron chi connectivity index (χ4n) is 5.13. The molecule has 0 saturated heterocycles. The van der Waals surface area contributed by atoms with Crippen LogP contribution in [0, 0.1) is 0 Å². The van der Waals surface area contributed by atoms with Crippen LogP contribution in [0.3, 0.4) is 0 Å². The molecule has 41 heavy (non-hydrogen) atoms. The maximum Gasteiger partial charge on any atom is 0.296 e. The van der Waals surface area contributed by atoms with Gasteiger partial charge in [-0.3, -0.25) is 14.5 Å². The number of fused-ring (bicyclic) bond motifs is 2. The Morgan fingerprint density at radius 1 is 0.902 bits per heavy atom. The first-order valence-electron chi connectivity index (χ1n) is 12.9. The number of hydrogen-bond acceptors (Lipinski definition) is 8. The Kier molecular flexibility index (Phi) is 6.37. The Labute approximate surface area is 242 Å². The fraction of sp³-hybridized carbons (Fsp3) is 0.0625. The number of carbonyl (C=O) groups is 2. The van der Waals surface area contributed by atoms with Crippen molar-refractivity contribution in [1.82, 2.24) is 10.2 Å². The number of anilines is 1. The van der Waals surface area contributed by atoms with Gasteiger partial charge in [0.25, 0.3) is 5.91 Å².